The van der Waals surface area contributed by atoms with Crippen LogP contribution in [0.4, 0.5) is 11.4 Å². The van der Waals surface area contributed by atoms with Crippen molar-refractivity contribution in [3.8, 4) is 6.07 Å². The van der Waals surface area contributed by atoms with Gasteiger partial charge in [0.05, 0.1) is 11.3 Å². The average Bonchev–Trinajstić information content (AvgIpc) is 2.50. The standard InChI is InChI=1S/C8H4N3/c9-4-6-2-1-3-7-8(6)11-5-10-7/h1-3,5H. The molecule has 11 heavy (non-hydrogen) atoms. The third-order valence-corrected chi connectivity index (χ3v) is 1.52. The van der Waals surface area contributed by atoms with Gasteiger partial charge in [-0.25, -0.2) is 10.3 Å². The van der Waals surface area contributed by atoms with E-state index in [-0.39, 0.29) is 0 Å². The van der Waals surface area contributed by atoms with E-state index < -0.39 is 0 Å². The molecule has 0 aromatic heterocycles. The number of aliphatic imine (C=N–C) groups is 1. The largest absolute Gasteiger partial charge is 0.235 e. The highest BCUT2D eigenvalue weighted by atomic mass is 15.0. The molecule has 1 aliphatic heterocycles. The molecule has 51 valence electrons. The first-order valence-corrected chi connectivity index (χ1v) is 3.18. The molecule has 0 N–H and O–H groups in total. The topological polar surface area (TPSA) is 50.2 Å². The number of rotatable bonds is 0. The minimum atomic E-state index is 0.583. The van der Waals surface area contributed by atoms with Gasteiger partial charge in [-0.1, -0.05) is 6.07 Å². The number of nitriles is 1. The summed E-state index contributed by atoms with van der Waals surface area (Å²) < 4.78 is 0. The molecule has 0 bridgehead atoms. The Labute approximate surface area is 64.0 Å². The van der Waals surface area contributed by atoms with Crippen molar-refractivity contribution < 1.29 is 0 Å². The highest BCUT2D eigenvalue weighted by Crippen LogP contribution is 2.30. The highest BCUT2D eigenvalue weighted by molar-refractivity contribution is 5.84. The van der Waals surface area contributed by atoms with Crippen molar-refractivity contribution in [3.05, 3.63) is 23.8 Å². The normalized spacial score (nSPS) is 11.9. The SMILES string of the molecule is N#Cc1cccc2c1[N]C=N2. The molecule has 1 aromatic carbocycles. The molecule has 0 aliphatic carbocycles. The summed E-state index contributed by atoms with van der Waals surface area (Å²) in [7, 11) is 0. The van der Waals surface area contributed by atoms with E-state index in [9.17, 15) is 0 Å². The highest BCUT2D eigenvalue weighted by Gasteiger charge is 2.10. The van der Waals surface area contributed by atoms with E-state index in [1.54, 1.807) is 12.1 Å². The second kappa shape index (κ2) is 2.10. The Balaban J connectivity index is 2.66. The lowest BCUT2D eigenvalue weighted by Gasteiger charge is -1.95. The minimum absolute atomic E-state index is 0.583. The molecule has 0 atom stereocenters. The van der Waals surface area contributed by atoms with E-state index in [0.29, 0.717) is 11.3 Å². The van der Waals surface area contributed by atoms with Crippen LogP contribution in [0.1, 0.15) is 5.56 Å². The summed E-state index contributed by atoms with van der Waals surface area (Å²) in [4.78, 5) is 3.97. The molecule has 0 spiro atoms. The lowest BCUT2D eigenvalue weighted by atomic mass is 10.2. The molecule has 1 radical (unpaired) electrons. The van der Waals surface area contributed by atoms with Gasteiger partial charge in [-0.05, 0) is 12.1 Å². The Morgan fingerprint density at radius 1 is 1.36 bits per heavy atom. The van der Waals surface area contributed by atoms with E-state index in [4.69, 9.17) is 5.26 Å². The number of para-hydroxylation sites is 1. The Morgan fingerprint density at radius 3 is 3.09 bits per heavy atom. The van der Waals surface area contributed by atoms with Crippen LogP contribution in [0.2, 0.25) is 0 Å². The van der Waals surface area contributed by atoms with Crippen LogP contribution in [0.5, 0.6) is 0 Å². The zero-order valence-electron chi connectivity index (χ0n) is 5.65. The number of fused-ring (bicyclic) bond motifs is 1. The number of hydrogen-bond donors (Lipinski definition) is 0. The van der Waals surface area contributed by atoms with Gasteiger partial charge in [0.1, 0.15) is 18.1 Å². The van der Waals surface area contributed by atoms with Crippen LogP contribution in [0.15, 0.2) is 23.2 Å². The van der Waals surface area contributed by atoms with Gasteiger partial charge in [-0.3, -0.25) is 0 Å². The maximum absolute atomic E-state index is 8.64. The summed E-state index contributed by atoms with van der Waals surface area (Å²) in [6.45, 7) is 0. The average molecular weight is 142 g/mol. The van der Waals surface area contributed by atoms with E-state index in [2.05, 4.69) is 16.4 Å². The van der Waals surface area contributed by atoms with Gasteiger partial charge in [-0.15, -0.1) is 0 Å². The molecule has 0 amide bonds. The van der Waals surface area contributed by atoms with Crippen molar-refractivity contribution in [2.75, 3.05) is 0 Å². The van der Waals surface area contributed by atoms with Crippen molar-refractivity contribution in [1.29, 1.82) is 5.26 Å². The van der Waals surface area contributed by atoms with Crippen molar-refractivity contribution in [2.24, 2.45) is 4.99 Å². The minimum Gasteiger partial charge on any atom is -0.235 e. The predicted molar refractivity (Wildman–Crippen MR) is 41.1 cm³/mol. The van der Waals surface area contributed by atoms with Crippen molar-refractivity contribution in [3.63, 3.8) is 0 Å². The summed E-state index contributed by atoms with van der Waals surface area (Å²) >= 11 is 0. The fraction of sp³-hybridized carbons (Fsp3) is 0. The molecular formula is C8H4N3. The summed E-state index contributed by atoms with van der Waals surface area (Å²) in [5.74, 6) is 0. The first-order valence-electron chi connectivity index (χ1n) is 3.18. The zero-order chi connectivity index (χ0) is 7.68. The molecule has 0 fully saturated rings. The lowest BCUT2D eigenvalue weighted by molar-refractivity contribution is 1.33. The molecular weight excluding hydrogens is 138 g/mol. The predicted octanol–water partition coefficient (Wildman–Crippen LogP) is 1.47. The number of hydrogen-bond acceptors (Lipinski definition) is 2. The molecule has 1 aliphatic rings. The summed E-state index contributed by atoms with van der Waals surface area (Å²) in [5, 5.41) is 12.6. The second-order valence-corrected chi connectivity index (χ2v) is 2.16. The molecule has 0 saturated carbocycles. The monoisotopic (exact) mass is 142 g/mol. The number of nitrogens with zero attached hydrogens (tertiary/aromatic N) is 3. The Hall–Kier alpha value is -1.82. The van der Waals surface area contributed by atoms with E-state index in [1.165, 1.54) is 6.34 Å². The van der Waals surface area contributed by atoms with Crippen molar-refractivity contribution in [1.82, 2.24) is 5.32 Å². The third-order valence-electron chi connectivity index (χ3n) is 1.52. The van der Waals surface area contributed by atoms with Gasteiger partial charge >= 0.3 is 0 Å². The van der Waals surface area contributed by atoms with Crippen LogP contribution in [-0.4, -0.2) is 6.34 Å². The van der Waals surface area contributed by atoms with Crippen molar-refractivity contribution in [2.45, 2.75) is 0 Å². The van der Waals surface area contributed by atoms with Crippen molar-refractivity contribution >= 4 is 17.7 Å². The Morgan fingerprint density at radius 2 is 2.27 bits per heavy atom. The molecule has 0 unspecified atom stereocenters. The lowest BCUT2D eigenvalue weighted by Crippen LogP contribution is -1.88. The van der Waals surface area contributed by atoms with Crippen LogP contribution < -0.4 is 5.32 Å². The number of benzene rings is 1. The quantitative estimate of drug-likeness (QED) is 0.541. The van der Waals surface area contributed by atoms with Gasteiger partial charge in [0, 0.05) is 0 Å². The van der Waals surface area contributed by atoms with Gasteiger partial charge in [0.15, 0.2) is 0 Å². The maximum Gasteiger partial charge on any atom is 0.116 e. The molecule has 3 heteroatoms. The van der Waals surface area contributed by atoms with Crippen LogP contribution in [0.3, 0.4) is 0 Å². The third kappa shape index (κ3) is 0.767. The molecule has 3 nitrogen and oxygen atoms in total. The zero-order valence-corrected chi connectivity index (χ0v) is 5.65. The van der Waals surface area contributed by atoms with Gasteiger partial charge < -0.3 is 0 Å². The van der Waals surface area contributed by atoms with Gasteiger partial charge in [-0.2, -0.15) is 5.26 Å². The second-order valence-electron chi connectivity index (χ2n) is 2.16. The van der Waals surface area contributed by atoms with E-state index in [1.807, 2.05) is 6.07 Å². The fourth-order valence-corrected chi connectivity index (χ4v) is 1.01. The summed E-state index contributed by atoms with van der Waals surface area (Å²) in [6.07, 6.45) is 1.46. The molecule has 2 rings (SSSR count). The Bertz CT molecular complexity index is 360. The van der Waals surface area contributed by atoms with Gasteiger partial charge in [0.25, 0.3) is 0 Å². The summed E-state index contributed by atoms with van der Waals surface area (Å²) in [5.41, 5.74) is 2.05. The van der Waals surface area contributed by atoms with Crippen LogP contribution in [0, 0.1) is 11.3 Å². The van der Waals surface area contributed by atoms with Crippen LogP contribution in [-0.2, 0) is 0 Å². The van der Waals surface area contributed by atoms with E-state index in [0.717, 1.165) is 5.69 Å². The molecule has 0 saturated heterocycles. The van der Waals surface area contributed by atoms with Gasteiger partial charge in [0.2, 0.25) is 0 Å². The smallest absolute Gasteiger partial charge is 0.116 e. The first kappa shape index (κ1) is 5.93. The van der Waals surface area contributed by atoms with Crippen LogP contribution in [0.25, 0.3) is 0 Å². The molecule has 1 heterocycles. The maximum atomic E-state index is 8.64. The Kier molecular flexibility index (Phi) is 1.13. The van der Waals surface area contributed by atoms with Crippen LogP contribution >= 0.6 is 0 Å². The first-order chi connectivity index (χ1) is 5.42. The van der Waals surface area contributed by atoms with E-state index >= 15 is 0 Å². The molecule has 1 aromatic rings. The fourth-order valence-electron chi connectivity index (χ4n) is 1.01. The summed E-state index contributed by atoms with van der Waals surface area (Å²) in [6, 6.07) is 7.42.